The first-order valence-electron chi connectivity index (χ1n) is 9.08. The van der Waals surface area contributed by atoms with Crippen molar-refractivity contribution in [1.82, 2.24) is 14.8 Å². The Morgan fingerprint density at radius 1 is 1.24 bits per heavy atom. The number of hydrogen-bond donors (Lipinski definition) is 3. The number of nitrogens with zero attached hydrogens (tertiary/aromatic N) is 3. The summed E-state index contributed by atoms with van der Waals surface area (Å²) in [7, 11) is 4.56. The number of carbonyl (C=O) groups is 1. The van der Waals surface area contributed by atoms with Crippen molar-refractivity contribution in [3.8, 4) is 17.2 Å². The number of anilines is 1. The van der Waals surface area contributed by atoms with Crippen LogP contribution in [0.3, 0.4) is 0 Å². The Morgan fingerprint density at radius 3 is 2.41 bits per heavy atom. The Morgan fingerprint density at radius 2 is 1.90 bits per heavy atom. The molecule has 1 aliphatic rings. The summed E-state index contributed by atoms with van der Waals surface area (Å²) in [5.74, 6) is 1.80. The number of hydrogen-bond acceptors (Lipinski definition) is 8. The number of rotatable bonds is 8. The van der Waals surface area contributed by atoms with E-state index in [2.05, 4.69) is 15.4 Å². The summed E-state index contributed by atoms with van der Waals surface area (Å²) in [6.45, 7) is 1.80. The van der Waals surface area contributed by atoms with Gasteiger partial charge in [-0.05, 0) is 31.0 Å². The smallest absolute Gasteiger partial charge is 0.248 e. The van der Waals surface area contributed by atoms with E-state index >= 15 is 0 Å². The van der Waals surface area contributed by atoms with Crippen LogP contribution >= 0.6 is 0 Å². The van der Waals surface area contributed by atoms with E-state index < -0.39 is 11.9 Å². The second-order valence-corrected chi connectivity index (χ2v) is 6.51. The number of aliphatic hydroxyl groups is 1. The monoisotopic (exact) mass is 403 g/mol. The number of fused-ring (bicyclic) bond motifs is 1. The fourth-order valence-electron chi connectivity index (χ4n) is 3.42. The number of ether oxygens (including phenoxy) is 3. The Hall–Kier alpha value is -3.27. The number of benzene rings is 1. The van der Waals surface area contributed by atoms with Gasteiger partial charge in [0, 0.05) is 18.7 Å². The van der Waals surface area contributed by atoms with Crippen LogP contribution in [0.5, 0.6) is 17.2 Å². The normalized spacial score (nSPS) is 15.6. The molecule has 29 heavy (non-hydrogen) atoms. The first-order valence-corrected chi connectivity index (χ1v) is 9.08. The van der Waals surface area contributed by atoms with Gasteiger partial charge in [0.25, 0.3) is 0 Å². The molecule has 0 fully saturated rings. The van der Waals surface area contributed by atoms with Gasteiger partial charge in [0.15, 0.2) is 17.3 Å². The van der Waals surface area contributed by atoms with E-state index in [1.165, 1.54) is 21.3 Å². The summed E-state index contributed by atoms with van der Waals surface area (Å²) in [4.78, 5) is 16.8. The molecule has 0 bridgehead atoms. The molecule has 0 aliphatic carbocycles. The zero-order valence-electron chi connectivity index (χ0n) is 16.9. The molecule has 0 unspecified atom stereocenters. The van der Waals surface area contributed by atoms with E-state index in [1.54, 1.807) is 23.7 Å². The minimum Gasteiger partial charge on any atom is -0.493 e. The van der Waals surface area contributed by atoms with Gasteiger partial charge in [0.1, 0.15) is 6.04 Å². The van der Waals surface area contributed by atoms with Crippen LogP contribution in [-0.2, 0) is 11.2 Å². The maximum Gasteiger partial charge on any atom is 0.248 e. The molecule has 1 aliphatic heterocycles. The van der Waals surface area contributed by atoms with Crippen molar-refractivity contribution < 1.29 is 24.1 Å². The maximum atomic E-state index is 12.3. The number of aromatic nitrogens is 3. The molecule has 1 aromatic carbocycles. The second-order valence-electron chi connectivity index (χ2n) is 6.51. The molecule has 1 atom stereocenters. The van der Waals surface area contributed by atoms with Gasteiger partial charge < -0.3 is 30.4 Å². The number of carbonyl (C=O) groups excluding carboxylic acids is 1. The maximum absolute atomic E-state index is 12.3. The fraction of sp³-hybridized carbons (Fsp3) is 0.421. The molecule has 2 aromatic rings. The lowest BCUT2D eigenvalue weighted by Gasteiger charge is -2.28. The van der Waals surface area contributed by atoms with Crippen molar-refractivity contribution in [3.63, 3.8) is 0 Å². The number of primary amides is 1. The Balaban J connectivity index is 2.20. The number of allylic oxidation sites excluding steroid dienone is 1. The predicted octanol–water partition coefficient (Wildman–Crippen LogP) is 1.00. The summed E-state index contributed by atoms with van der Waals surface area (Å²) in [6, 6.07) is 2.88. The number of aliphatic hydroxyl groups excluding tert-OH is 1. The van der Waals surface area contributed by atoms with Gasteiger partial charge in [-0.1, -0.05) is 0 Å². The average molecular weight is 403 g/mol. The first kappa shape index (κ1) is 20.5. The molecule has 4 N–H and O–H groups in total. The van der Waals surface area contributed by atoms with Crippen LogP contribution in [0.1, 0.15) is 30.8 Å². The van der Waals surface area contributed by atoms with Crippen LogP contribution in [0.25, 0.3) is 0 Å². The summed E-state index contributed by atoms with van der Waals surface area (Å²) >= 11 is 0. The Bertz CT molecular complexity index is 927. The van der Waals surface area contributed by atoms with E-state index in [4.69, 9.17) is 25.1 Å². The first-order chi connectivity index (χ1) is 13.9. The Kier molecular flexibility index (Phi) is 5.92. The SMILES string of the molecule is COc1cc([C@@H]2C(C(N)=O)=C(C)Nc3nc(CCCO)nn32)cc(OC)c1OC. The van der Waals surface area contributed by atoms with Crippen molar-refractivity contribution >= 4 is 11.9 Å². The number of nitrogens with two attached hydrogens (primary N) is 1. The van der Waals surface area contributed by atoms with Crippen LogP contribution in [0.2, 0.25) is 0 Å². The highest BCUT2D eigenvalue weighted by atomic mass is 16.5. The zero-order valence-corrected chi connectivity index (χ0v) is 16.9. The second kappa shape index (κ2) is 8.39. The quantitative estimate of drug-likeness (QED) is 0.594. The van der Waals surface area contributed by atoms with Crippen molar-refractivity contribution in [2.24, 2.45) is 5.73 Å². The largest absolute Gasteiger partial charge is 0.493 e. The van der Waals surface area contributed by atoms with E-state index in [0.717, 1.165) is 0 Å². The van der Waals surface area contributed by atoms with Crippen LogP contribution < -0.4 is 25.3 Å². The molecule has 156 valence electrons. The van der Waals surface area contributed by atoms with Gasteiger partial charge in [-0.2, -0.15) is 10.1 Å². The molecule has 1 aromatic heterocycles. The molecule has 0 spiro atoms. The highest BCUT2D eigenvalue weighted by molar-refractivity contribution is 5.95. The van der Waals surface area contributed by atoms with Crippen molar-refractivity contribution in [3.05, 3.63) is 34.8 Å². The predicted molar refractivity (Wildman–Crippen MR) is 105 cm³/mol. The number of methoxy groups -OCH3 is 3. The van der Waals surface area contributed by atoms with Crippen molar-refractivity contribution in [2.45, 2.75) is 25.8 Å². The van der Waals surface area contributed by atoms with E-state index in [-0.39, 0.29) is 6.61 Å². The van der Waals surface area contributed by atoms with Gasteiger partial charge in [-0.15, -0.1) is 0 Å². The van der Waals surface area contributed by atoms with Gasteiger partial charge in [0.05, 0.1) is 26.9 Å². The lowest BCUT2D eigenvalue weighted by molar-refractivity contribution is -0.115. The molecule has 2 heterocycles. The van der Waals surface area contributed by atoms with Crippen LogP contribution in [0, 0.1) is 0 Å². The molecule has 0 radical (unpaired) electrons. The van der Waals surface area contributed by atoms with Crippen molar-refractivity contribution in [2.75, 3.05) is 33.3 Å². The fourth-order valence-corrected chi connectivity index (χ4v) is 3.42. The Labute approximate surface area is 168 Å². The molecule has 10 nitrogen and oxygen atoms in total. The lowest BCUT2D eigenvalue weighted by Crippen LogP contribution is -2.32. The number of aryl methyl sites for hydroxylation is 1. The minimum atomic E-state index is -0.632. The minimum absolute atomic E-state index is 0.0391. The van der Waals surface area contributed by atoms with E-state index in [9.17, 15) is 4.79 Å². The molecular formula is C19H25N5O5. The average Bonchev–Trinajstić information content (AvgIpc) is 3.11. The summed E-state index contributed by atoms with van der Waals surface area (Å²) in [5.41, 5.74) is 7.32. The van der Waals surface area contributed by atoms with Gasteiger partial charge >= 0.3 is 0 Å². The number of amides is 1. The highest BCUT2D eigenvalue weighted by Gasteiger charge is 2.34. The molecule has 1 amide bonds. The summed E-state index contributed by atoms with van der Waals surface area (Å²) in [5, 5.41) is 16.7. The van der Waals surface area contributed by atoms with Crippen LogP contribution in [0.4, 0.5) is 5.95 Å². The van der Waals surface area contributed by atoms with Gasteiger partial charge in [-0.25, -0.2) is 4.68 Å². The summed E-state index contributed by atoms with van der Waals surface area (Å²) in [6.07, 6.45) is 1.04. The van der Waals surface area contributed by atoms with Gasteiger partial charge in [-0.3, -0.25) is 4.79 Å². The molecule has 3 rings (SSSR count). The summed E-state index contributed by atoms with van der Waals surface area (Å²) < 4.78 is 17.9. The third-order valence-corrected chi connectivity index (χ3v) is 4.72. The van der Waals surface area contributed by atoms with E-state index in [1.807, 2.05) is 0 Å². The number of nitrogens with one attached hydrogen (secondary N) is 1. The third kappa shape index (κ3) is 3.70. The zero-order chi connectivity index (χ0) is 21.1. The molecule has 0 saturated carbocycles. The van der Waals surface area contributed by atoms with Crippen molar-refractivity contribution in [1.29, 1.82) is 0 Å². The van der Waals surface area contributed by atoms with Crippen LogP contribution in [0.15, 0.2) is 23.4 Å². The molecule has 10 heteroatoms. The third-order valence-electron chi connectivity index (χ3n) is 4.72. The standard InChI is InChI=1S/C19H25N5O5/c1-10-15(18(20)26)16(24-19(21-10)22-14(23-24)6-5-7-25)11-8-12(27-2)17(29-4)13(9-11)28-3/h8-9,16,25H,5-7H2,1-4H3,(H2,20,26)(H,21,22,23)/t16-/m1/s1. The lowest BCUT2D eigenvalue weighted by atomic mass is 9.94. The molecule has 0 saturated heterocycles. The molecular weight excluding hydrogens is 378 g/mol. The van der Waals surface area contributed by atoms with Crippen LogP contribution in [-0.4, -0.2) is 53.7 Å². The van der Waals surface area contributed by atoms with Gasteiger partial charge in [0.2, 0.25) is 17.6 Å². The highest BCUT2D eigenvalue weighted by Crippen LogP contribution is 2.43. The van der Waals surface area contributed by atoms with E-state index in [0.29, 0.717) is 58.7 Å². The topological polar surface area (TPSA) is 134 Å².